The second-order valence-electron chi connectivity index (χ2n) is 8.79. The minimum Gasteiger partial charge on any atom is -0.507 e. The number of non-ortho nitro benzene ring substituents is 1. The molecule has 1 atom stereocenters. The Labute approximate surface area is 216 Å². The van der Waals surface area contributed by atoms with Gasteiger partial charge in [0.25, 0.3) is 22.9 Å². The van der Waals surface area contributed by atoms with Crippen LogP contribution in [0.1, 0.15) is 22.9 Å². The maximum absolute atomic E-state index is 13.8. The topological polar surface area (TPSA) is 128 Å². The summed E-state index contributed by atoms with van der Waals surface area (Å²) in [4.78, 5) is 52.5. The molecule has 0 aliphatic carbocycles. The minimum atomic E-state index is -1.20. The fourth-order valence-corrected chi connectivity index (χ4v) is 4.74. The number of aliphatic hydroxyl groups excluding tert-OH is 1. The van der Waals surface area contributed by atoms with E-state index >= 15 is 0 Å². The van der Waals surface area contributed by atoms with Crippen molar-refractivity contribution < 1.29 is 19.6 Å². The van der Waals surface area contributed by atoms with E-state index in [0.29, 0.717) is 22.5 Å². The van der Waals surface area contributed by atoms with Gasteiger partial charge in [0.15, 0.2) is 0 Å². The number of aromatic nitrogens is 2. The van der Waals surface area contributed by atoms with E-state index in [4.69, 9.17) is 0 Å². The van der Waals surface area contributed by atoms with Gasteiger partial charge in [-0.2, -0.15) is 0 Å². The first-order chi connectivity index (χ1) is 18.2. The van der Waals surface area contributed by atoms with E-state index in [1.807, 2.05) is 6.07 Å². The Kier molecular flexibility index (Phi) is 6.00. The van der Waals surface area contributed by atoms with Gasteiger partial charge in [0, 0.05) is 24.7 Å². The molecule has 10 heteroatoms. The lowest BCUT2D eigenvalue weighted by atomic mass is 9.95. The monoisotopic (exact) mass is 510 g/mol. The third-order valence-electron chi connectivity index (χ3n) is 6.68. The molecule has 1 saturated heterocycles. The van der Waals surface area contributed by atoms with Crippen LogP contribution in [0.2, 0.25) is 0 Å². The van der Waals surface area contributed by atoms with Crippen LogP contribution < -0.4 is 10.5 Å². The summed E-state index contributed by atoms with van der Waals surface area (Å²) >= 11 is 0. The van der Waals surface area contributed by atoms with Crippen molar-refractivity contribution in [2.45, 2.75) is 13.0 Å². The Morgan fingerprint density at radius 1 is 0.895 bits per heavy atom. The lowest BCUT2D eigenvalue weighted by Gasteiger charge is -2.24. The van der Waals surface area contributed by atoms with Crippen molar-refractivity contribution in [2.75, 3.05) is 4.90 Å². The molecule has 3 aromatic carbocycles. The summed E-state index contributed by atoms with van der Waals surface area (Å²) in [6, 6.07) is 21.2. The van der Waals surface area contributed by atoms with E-state index < -0.39 is 34.0 Å². The van der Waals surface area contributed by atoms with Crippen molar-refractivity contribution >= 4 is 28.8 Å². The number of nitro groups is 1. The summed E-state index contributed by atoms with van der Waals surface area (Å²) in [7, 11) is 1.66. The Morgan fingerprint density at radius 3 is 2.05 bits per heavy atom. The molecule has 0 unspecified atom stereocenters. The number of nitrogens with zero attached hydrogens (tertiary/aromatic N) is 4. The standard InChI is InChI=1S/C28H22N4O6/c1-17-23(27(35)31(29(17)2)20-11-7-4-8-12-20)30-24(18-13-15-21(16-14-18)32(37)38)22(26(34)28(30)36)25(33)19-9-5-3-6-10-19/h3-16,24,33H,1-2H3/b25-22+/t24-/m1/s1. The number of ketones is 1. The Hall–Kier alpha value is -5.25. The summed E-state index contributed by atoms with van der Waals surface area (Å²) in [5, 5.41) is 22.4. The van der Waals surface area contributed by atoms with E-state index in [9.17, 15) is 29.6 Å². The van der Waals surface area contributed by atoms with Gasteiger partial charge in [-0.3, -0.25) is 34.1 Å². The number of benzene rings is 3. The molecule has 0 saturated carbocycles. The van der Waals surface area contributed by atoms with Crippen LogP contribution in [-0.4, -0.2) is 31.1 Å². The highest BCUT2D eigenvalue weighted by atomic mass is 16.6. The number of anilines is 1. The summed E-state index contributed by atoms with van der Waals surface area (Å²) in [6.45, 7) is 1.65. The van der Waals surface area contributed by atoms with Crippen LogP contribution in [0.3, 0.4) is 0 Å². The van der Waals surface area contributed by atoms with Gasteiger partial charge < -0.3 is 5.11 Å². The minimum absolute atomic E-state index is 0.0334. The number of rotatable bonds is 5. The zero-order valence-electron chi connectivity index (χ0n) is 20.4. The van der Waals surface area contributed by atoms with E-state index in [2.05, 4.69) is 0 Å². The second-order valence-corrected chi connectivity index (χ2v) is 8.79. The molecule has 5 rings (SSSR count). The van der Waals surface area contributed by atoms with Crippen molar-refractivity contribution in [1.82, 2.24) is 9.36 Å². The molecule has 1 amide bonds. The lowest BCUT2D eigenvalue weighted by molar-refractivity contribution is -0.384. The summed E-state index contributed by atoms with van der Waals surface area (Å²) in [6.07, 6.45) is 0. The first kappa shape index (κ1) is 24.4. The van der Waals surface area contributed by atoms with Gasteiger partial charge in [0.05, 0.1) is 27.9 Å². The molecule has 1 aromatic heterocycles. The maximum Gasteiger partial charge on any atom is 0.300 e. The average molecular weight is 511 g/mol. The average Bonchev–Trinajstić information content (AvgIpc) is 3.31. The van der Waals surface area contributed by atoms with Gasteiger partial charge in [-0.25, -0.2) is 4.68 Å². The van der Waals surface area contributed by atoms with E-state index in [0.717, 1.165) is 4.90 Å². The van der Waals surface area contributed by atoms with Gasteiger partial charge in [-0.15, -0.1) is 0 Å². The Balaban J connectivity index is 1.78. The molecule has 1 fully saturated rings. The molecule has 0 bridgehead atoms. The highest BCUT2D eigenvalue weighted by molar-refractivity contribution is 6.51. The molecular formula is C28H22N4O6. The molecule has 190 valence electrons. The van der Waals surface area contributed by atoms with Crippen LogP contribution in [0, 0.1) is 17.0 Å². The highest BCUT2D eigenvalue weighted by Crippen LogP contribution is 2.42. The largest absolute Gasteiger partial charge is 0.507 e. The van der Waals surface area contributed by atoms with Crippen molar-refractivity contribution in [3.05, 3.63) is 128 Å². The van der Waals surface area contributed by atoms with Crippen LogP contribution in [0.5, 0.6) is 0 Å². The van der Waals surface area contributed by atoms with Gasteiger partial charge >= 0.3 is 0 Å². The molecule has 10 nitrogen and oxygen atoms in total. The van der Waals surface area contributed by atoms with Gasteiger partial charge in [-0.1, -0.05) is 48.5 Å². The lowest BCUT2D eigenvalue weighted by Crippen LogP contribution is -2.34. The van der Waals surface area contributed by atoms with Crippen molar-refractivity contribution in [2.24, 2.45) is 7.05 Å². The molecule has 0 spiro atoms. The zero-order chi connectivity index (χ0) is 27.1. The molecule has 1 N–H and O–H groups in total. The van der Waals surface area contributed by atoms with Gasteiger partial charge in [0.1, 0.15) is 11.4 Å². The Morgan fingerprint density at radius 2 is 1.47 bits per heavy atom. The quantitative estimate of drug-likeness (QED) is 0.142. The van der Waals surface area contributed by atoms with Crippen LogP contribution >= 0.6 is 0 Å². The number of carbonyl (C=O) groups is 2. The number of para-hydroxylation sites is 1. The number of hydrogen-bond donors (Lipinski definition) is 1. The van der Waals surface area contributed by atoms with E-state index in [-0.39, 0.29) is 16.9 Å². The fourth-order valence-electron chi connectivity index (χ4n) is 4.74. The molecular weight excluding hydrogens is 488 g/mol. The number of hydrogen-bond acceptors (Lipinski definition) is 6. The van der Waals surface area contributed by atoms with Crippen LogP contribution in [0.4, 0.5) is 11.4 Å². The van der Waals surface area contributed by atoms with Crippen molar-refractivity contribution in [1.29, 1.82) is 0 Å². The smallest absolute Gasteiger partial charge is 0.300 e. The van der Waals surface area contributed by atoms with Crippen LogP contribution in [0.25, 0.3) is 11.4 Å². The van der Waals surface area contributed by atoms with Crippen molar-refractivity contribution in [3.63, 3.8) is 0 Å². The Bertz CT molecular complexity index is 1670. The van der Waals surface area contributed by atoms with Gasteiger partial charge in [0.2, 0.25) is 0 Å². The second kappa shape index (κ2) is 9.32. The molecule has 2 heterocycles. The zero-order valence-corrected chi connectivity index (χ0v) is 20.4. The normalized spacial score (nSPS) is 16.7. The van der Waals surface area contributed by atoms with E-state index in [1.165, 1.54) is 28.9 Å². The molecule has 38 heavy (non-hydrogen) atoms. The number of carbonyl (C=O) groups excluding carboxylic acids is 2. The maximum atomic E-state index is 13.8. The number of aliphatic hydroxyl groups is 1. The summed E-state index contributed by atoms with van der Waals surface area (Å²) in [5.74, 6) is -2.37. The first-order valence-corrected chi connectivity index (χ1v) is 11.7. The molecule has 1 aliphatic heterocycles. The van der Waals surface area contributed by atoms with Crippen molar-refractivity contribution in [3.8, 4) is 5.69 Å². The third-order valence-corrected chi connectivity index (χ3v) is 6.68. The van der Waals surface area contributed by atoms with Crippen LogP contribution in [0.15, 0.2) is 95.3 Å². The number of nitro benzene ring substituents is 1. The predicted octanol–water partition coefficient (Wildman–Crippen LogP) is 4.02. The number of Topliss-reactive ketones (excluding diaryl/α,β-unsaturated/α-hetero) is 1. The SMILES string of the molecule is Cc1c(N2C(=O)C(=O)/C(=C(/O)c3ccccc3)[C@H]2c2ccc([N+](=O)[O-])cc2)c(=O)n(-c2ccccc2)n1C. The molecule has 0 radical (unpaired) electrons. The first-order valence-electron chi connectivity index (χ1n) is 11.7. The fraction of sp³-hybridized carbons (Fsp3) is 0.107. The van der Waals surface area contributed by atoms with Gasteiger partial charge in [-0.05, 0) is 36.8 Å². The molecule has 4 aromatic rings. The summed E-state index contributed by atoms with van der Waals surface area (Å²) in [5.41, 5.74) is 0.623. The van der Waals surface area contributed by atoms with E-state index in [1.54, 1.807) is 73.3 Å². The summed E-state index contributed by atoms with van der Waals surface area (Å²) < 4.78 is 2.96. The van der Waals surface area contributed by atoms with Crippen LogP contribution in [-0.2, 0) is 16.6 Å². The highest BCUT2D eigenvalue weighted by Gasteiger charge is 2.49. The third kappa shape index (κ3) is 3.79. The number of amides is 1. The molecule has 1 aliphatic rings. The predicted molar refractivity (Wildman–Crippen MR) is 140 cm³/mol.